The molecule has 0 aliphatic heterocycles. The van der Waals surface area contributed by atoms with Crippen LogP contribution in [0.4, 0.5) is 0 Å². The van der Waals surface area contributed by atoms with Crippen LogP contribution in [0.1, 0.15) is 148 Å². The Hall–Kier alpha value is -0.980. The van der Waals surface area contributed by atoms with Crippen LogP contribution in [0.3, 0.4) is 0 Å². The summed E-state index contributed by atoms with van der Waals surface area (Å²) in [7, 11) is 0. The Morgan fingerprint density at radius 1 is 0.524 bits per heavy atom. The van der Waals surface area contributed by atoms with Crippen molar-refractivity contribution in [3.8, 4) is 0 Å². The average Bonchev–Trinajstić information content (AvgIpc) is 3.01. The minimum Gasteiger partial charge on any atom is -0.394 e. The van der Waals surface area contributed by atoms with Crippen molar-refractivity contribution in [1.29, 1.82) is 0 Å². The third-order valence-electron chi connectivity index (χ3n) is 8.28. The number of unbranched alkanes of at least 4 members (excludes halogenated alkanes) is 18. The van der Waals surface area contributed by atoms with Gasteiger partial charge >= 0.3 is 0 Å². The Labute approximate surface area is 260 Å². The summed E-state index contributed by atoms with van der Waals surface area (Å²) >= 11 is 0. The van der Waals surface area contributed by atoms with E-state index in [-0.39, 0.29) is 25.4 Å². The van der Waals surface area contributed by atoms with E-state index in [4.69, 9.17) is 9.47 Å². The zero-order valence-corrected chi connectivity index (χ0v) is 27.8. The topological polar surface area (TPSA) is 62.2 Å². The fraction of sp³-hybridized carbons (Fsp3) is 0.838. The summed E-state index contributed by atoms with van der Waals surface area (Å²) in [5.74, 6) is 0. The predicted octanol–water partition coefficient (Wildman–Crippen LogP) is 9.09. The molecule has 2 N–H and O–H groups in total. The number of aliphatic hydroxyl groups excluding tert-OH is 2. The Bertz CT molecular complexity index is 622. The van der Waals surface area contributed by atoms with Crippen molar-refractivity contribution in [3.05, 3.63) is 35.9 Å². The van der Waals surface area contributed by atoms with Crippen LogP contribution in [0.25, 0.3) is 0 Å². The van der Waals surface area contributed by atoms with Gasteiger partial charge in [0.15, 0.2) is 0 Å². The van der Waals surface area contributed by atoms with Crippen LogP contribution in [0.5, 0.6) is 0 Å². The highest BCUT2D eigenvalue weighted by molar-refractivity contribution is 5.14. The lowest BCUT2D eigenvalue weighted by Gasteiger charge is -2.30. The maximum absolute atomic E-state index is 10.1. The molecule has 0 aliphatic carbocycles. The molecule has 0 aromatic heterocycles. The molecule has 0 saturated carbocycles. The number of hydrogen-bond donors (Lipinski definition) is 2. The van der Waals surface area contributed by atoms with E-state index in [1.54, 1.807) is 0 Å². The zero-order valence-electron chi connectivity index (χ0n) is 27.8. The third-order valence-corrected chi connectivity index (χ3v) is 8.28. The molecule has 0 bridgehead atoms. The lowest BCUT2D eigenvalue weighted by molar-refractivity contribution is -0.0401. The first-order valence-corrected chi connectivity index (χ1v) is 17.9. The molecule has 0 heterocycles. The van der Waals surface area contributed by atoms with E-state index in [0.717, 1.165) is 19.4 Å². The molecule has 0 fully saturated rings. The quantitative estimate of drug-likeness (QED) is 0.0818. The van der Waals surface area contributed by atoms with Crippen LogP contribution in [0.15, 0.2) is 30.3 Å². The van der Waals surface area contributed by atoms with E-state index >= 15 is 0 Å². The number of ether oxygens (including phenoxy) is 2. The first-order valence-electron chi connectivity index (χ1n) is 17.9. The zero-order chi connectivity index (χ0) is 30.4. The van der Waals surface area contributed by atoms with Gasteiger partial charge in [0.05, 0.1) is 25.4 Å². The Kier molecular flexibility index (Phi) is 27.9. The van der Waals surface area contributed by atoms with Crippen LogP contribution >= 0.6 is 0 Å². The number of rotatable bonds is 32. The second-order valence-corrected chi connectivity index (χ2v) is 12.4. The average molecular weight is 592 g/mol. The summed E-state index contributed by atoms with van der Waals surface area (Å²) in [6, 6.07) is 10.4. The van der Waals surface area contributed by atoms with Crippen molar-refractivity contribution >= 4 is 0 Å². The molecule has 1 rings (SSSR count). The van der Waals surface area contributed by atoms with E-state index < -0.39 is 0 Å². The van der Waals surface area contributed by atoms with Gasteiger partial charge in [-0.2, -0.15) is 0 Å². The third kappa shape index (κ3) is 23.5. The van der Waals surface area contributed by atoms with Gasteiger partial charge in [-0.15, -0.1) is 0 Å². The molecule has 2 unspecified atom stereocenters. The molecule has 0 amide bonds. The maximum Gasteiger partial charge on any atom is 0.0932 e. The molecule has 0 radical (unpaired) electrons. The second-order valence-electron chi connectivity index (χ2n) is 12.4. The SMILES string of the molecule is CCCCCCCCCCCCOC(CO)CN(Cc1ccccc1)CC(CO)OCCCCCCCCCCCC. The standard InChI is InChI=1S/C37H69NO4/c1-3-5-7-9-11-13-15-17-19-24-28-41-36(33-39)31-38(30-35-26-22-21-23-27-35)32-37(34-40)42-29-25-20-18-16-14-12-10-8-6-4-2/h21-23,26-27,36-37,39-40H,3-20,24-25,28-34H2,1-2H3. The highest BCUT2D eigenvalue weighted by Crippen LogP contribution is 2.14. The molecular formula is C37H69NO4. The fourth-order valence-electron chi connectivity index (χ4n) is 5.63. The molecule has 1 aromatic carbocycles. The summed E-state index contributed by atoms with van der Waals surface area (Å²) in [6.45, 7) is 7.94. The van der Waals surface area contributed by atoms with Crippen LogP contribution in [0.2, 0.25) is 0 Å². The molecule has 42 heavy (non-hydrogen) atoms. The largest absolute Gasteiger partial charge is 0.394 e. The van der Waals surface area contributed by atoms with Crippen LogP contribution in [-0.2, 0) is 16.0 Å². The molecule has 246 valence electrons. The summed E-state index contributed by atoms with van der Waals surface area (Å²) in [6.07, 6.45) is 25.6. The number of benzene rings is 1. The van der Waals surface area contributed by atoms with Gasteiger partial charge in [0.2, 0.25) is 0 Å². The van der Waals surface area contributed by atoms with Gasteiger partial charge in [0, 0.05) is 32.8 Å². The number of aliphatic hydroxyl groups is 2. The smallest absolute Gasteiger partial charge is 0.0932 e. The van der Waals surface area contributed by atoms with Gasteiger partial charge in [-0.25, -0.2) is 0 Å². The van der Waals surface area contributed by atoms with Gasteiger partial charge in [-0.05, 0) is 18.4 Å². The van der Waals surface area contributed by atoms with Gasteiger partial charge in [-0.1, -0.05) is 160 Å². The first kappa shape index (κ1) is 39.0. The predicted molar refractivity (Wildman–Crippen MR) is 179 cm³/mol. The second kappa shape index (κ2) is 30.1. The highest BCUT2D eigenvalue weighted by atomic mass is 16.5. The minimum atomic E-state index is -0.228. The van der Waals surface area contributed by atoms with Crippen molar-refractivity contribution in [2.24, 2.45) is 0 Å². The van der Waals surface area contributed by atoms with E-state index in [2.05, 4.69) is 43.0 Å². The van der Waals surface area contributed by atoms with E-state index in [9.17, 15) is 10.2 Å². The normalized spacial score (nSPS) is 13.2. The fourth-order valence-corrected chi connectivity index (χ4v) is 5.63. The molecule has 5 heteroatoms. The summed E-state index contributed by atoms with van der Waals surface area (Å²) in [5, 5.41) is 20.2. The van der Waals surface area contributed by atoms with Crippen LogP contribution < -0.4 is 0 Å². The molecule has 1 aromatic rings. The van der Waals surface area contributed by atoms with Crippen LogP contribution in [-0.4, -0.2) is 66.8 Å². The molecule has 0 spiro atoms. The monoisotopic (exact) mass is 592 g/mol. The maximum atomic E-state index is 10.1. The summed E-state index contributed by atoms with van der Waals surface area (Å²) in [4.78, 5) is 2.27. The van der Waals surface area contributed by atoms with Crippen molar-refractivity contribution in [2.45, 2.75) is 161 Å². The Morgan fingerprint density at radius 2 is 0.881 bits per heavy atom. The van der Waals surface area contributed by atoms with Gasteiger partial charge in [0.25, 0.3) is 0 Å². The molecule has 5 nitrogen and oxygen atoms in total. The minimum absolute atomic E-state index is 0.00625. The van der Waals surface area contributed by atoms with Crippen molar-refractivity contribution in [1.82, 2.24) is 4.90 Å². The highest BCUT2D eigenvalue weighted by Gasteiger charge is 2.19. The molecule has 0 aliphatic rings. The Morgan fingerprint density at radius 3 is 1.24 bits per heavy atom. The Balaban J connectivity index is 2.34. The van der Waals surface area contributed by atoms with E-state index in [1.807, 2.05) is 6.07 Å². The number of hydrogen-bond acceptors (Lipinski definition) is 5. The van der Waals surface area contributed by atoms with Crippen LogP contribution in [0, 0.1) is 0 Å². The van der Waals surface area contributed by atoms with E-state index in [1.165, 1.54) is 121 Å². The van der Waals surface area contributed by atoms with Crippen molar-refractivity contribution < 1.29 is 19.7 Å². The van der Waals surface area contributed by atoms with E-state index in [0.29, 0.717) is 26.3 Å². The summed E-state index contributed by atoms with van der Waals surface area (Å²) in [5.41, 5.74) is 1.22. The number of nitrogens with zero attached hydrogens (tertiary/aromatic N) is 1. The summed E-state index contributed by atoms with van der Waals surface area (Å²) < 4.78 is 12.2. The van der Waals surface area contributed by atoms with Gasteiger partial charge in [-0.3, -0.25) is 4.90 Å². The van der Waals surface area contributed by atoms with Gasteiger partial charge < -0.3 is 19.7 Å². The molecular weight excluding hydrogens is 522 g/mol. The van der Waals surface area contributed by atoms with Gasteiger partial charge in [0.1, 0.15) is 0 Å². The lowest BCUT2D eigenvalue weighted by atomic mass is 10.1. The van der Waals surface area contributed by atoms with Crippen molar-refractivity contribution in [2.75, 3.05) is 39.5 Å². The molecule has 0 saturated heterocycles. The first-order chi connectivity index (χ1) is 20.7. The lowest BCUT2D eigenvalue weighted by Crippen LogP contribution is -2.42. The van der Waals surface area contributed by atoms with Crippen molar-refractivity contribution in [3.63, 3.8) is 0 Å². The molecule has 2 atom stereocenters.